The molecule has 94 valence electrons. The Morgan fingerprint density at radius 1 is 1.19 bits per heavy atom. The number of likely N-dealkylation sites (tertiary alicyclic amines) is 2. The van der Waals surface area contributed by atoms with E-state index in [9.17, 15) is 0 Å². The summed E-state index contributed by atoms with van der Waals surface area (Å²) in [6.07, 6.45) is 5.40. The van der Waals surface area contributed by atoms with Crippen LogP contribution in [0.15, 0.2) is 0 Å². The highest BCUT2D eigenvalue weighted by Gasteiger charge is 2.33. The summed E-state index contributed by atoms with van der Waals surface area (Å²) in [7, 11) is 0. The van der Waals surface area contributed by atoms with E-state index in [2.05, 4.69) is 23.6 Å². The zero-order chi connectivity index (χ0) is 11.5. The van der Waals surface area contributed by atoms with Crippen LogP contribution in [-0.2, 0) is 0 Å². The average Bonchev–Trinajstić information content (AvgIpc) is 2.78. The number of nitrogens with two attached hydrogens (primary N) is 1. The third-order valence-corrected chi connectivity index (χ3v) is 4.34. The van der Waals surface area contributed by atoms with E-state index in [1.807, 2.05) is 0 Å². The van der Waals surface area contributed by atoms with Gasteiger partial charge in [0, 0.05) is 37.8 Å². The third kappa shape index (κ3) is 2.58. The molecular formula is C13H27N3. The number of hydrogen-bond donors (Lipinski definition) is 1. The van der Waals surface area contributed by atoms with Crippen molar-refractivity contribution in [2.75, 3.05) is 26.2 Å². The Bertz CT molecular complexity index is 217. The Morgan fingerprint density at radius 2 is 2.00 bits per heavy atom. The fourth-order valence-electron chi connectivity index (χ4n) is 3.26. The van der Waals surface area contributed by atoms with Crippen molar-refractivity contribution in [2.45, 2.75) is 57.7 Å². The molecule has 2 rings (SSSR count). The Hall–Kier alpha value is -0.120. The van der Waals surface area contributed by atoms with Gasteiger partial charge in [-0.2, -0.15) is 0 Å². The predicted molar refractivity (Wildman–Crippen MR) is 68.5 cm³/mol. The molecule has 2 unspecified atom stereocenters. The van der Waals surface area contributed by atoms with Crippen LogP contribution in [0.2, 0.25) is 0 Å². The van der Waals surface area contributed by atoms with Crippen LogP contribution in [0.25, 0.3) is 0 Å². The highest BCUT2D eigenvalue weighted by molar-refractivity contribution is 4.90. The third-order valence-electron chi connectivity index (χ3n) is 4.34. The van der Waals surface area contributed by atoms with E-state index >= 15 is 0 Å². The highest BCUT2D eigenvalue weighted by Crippen LogP contribution is 2.25. The van der Waals surface area contributed by atoms with E-state index in [-0.39, 0.29) is 0 Å². The summed E-state index contributed by atoms with van der Waals surface area (Å²) in [5, 5.41) is 0. The Kier molecular flexibility index (Phi) is 4.22. The van der Waals surface area contributed by atoms with Crippen molar-refractivity contribution in [1.82, 2.24) is 9.80 Å². The summed E-state index contributed by atoms with van der Waals surface area (Å²) < 4.78 is 0. The normalized spacial score (nSPS) is 33.8. The van der Waals surface area contributed by atoms with Crippen molar-refractivity contribution in [1.29, 1.82) is 0 Å². The van der Waals surface area contributed by atoms with E-state index in [0.29, 0.717) is 12.1 Å². The summed E-state index contributed by atoms with van der Waals surface area (Å²) in [6, 6.07) is 2.13. The van der Waals surface area contributed by atoms with Gasteiger partial charge in [-0.15, -0.1) is 0 Å². The molecule has 0 amide bonds. The standard InChI is InChI=1S/C13H27N3/c1-11(2)15-8-6-13(10-15)16-7-4-3-5-12(16)9-14/h11-13H,3-10,14H2,1-2H3. The topological polar surface area (TPSA) is 32.5 Å². The van der Waals surface area contributed by atoms with Gasteiger partial charge in [-0.25, -0.2) is 0 Å². The fraction of sp³-hybridized carbons (Fsp3) is 1.00. The maximum absolute atomic E-state index is 5.90. The molecule has 0 aromatic carbocycles. The first-order valence-corrected chi connectivity index (χ1v) is 6.92. The van der Waals surface area contributed by atoms with Crippen LogP contribution >= 0.6 is 0 Å². The number of nitrogens with zero attached hydrogens (tertiary/aromatic N) is 2. The molecule has 16 heavy (non-hydrogen) atoms. The molecule has 2 atom stereocenters. The molecule has 2 aliphatic heterocycles. The van der Waals surface area contributed by atoms with E-state index in [1.165, 1.54) is 45.3 Å². The van der Waals surface area contributed by atoms with E-state index in [0.717, 1.165) is 12.6 Å². The summed E-state index contributed by atoms with van der Waals surface area (Å²) in [5.74, 6) is 0. The summed E-state index contributed by atoms with van der Waals surface area (Å²) in [4.78, 5) is 5.30. The second-order valence-corrected chi connectivity index (χ2v) is 5.65. The molecule has 2 saturated heterocycles. The van der Waals surface area contributed by atoms with Gasteiger partial charge in [-0.3, -0.25) is 9.80 Å². The van der Waals surface area contributed by atoms with Crippen LogP contribution in [0, 0.1) is 0 Å². The molecule has 0 saturated carbocycles. The van der Waals surface area contributed by atoms with Gasteiger partial charge in [-0.05, 0) is 39.7 Å². The van der Waals surface area contributed by atoms with Crippen LogP contribution < -0.4 is 5.73 Å². The maximum Gasteiger partial charge on any atom is 0.0238 e. The Balaban J connectivity index is 1.91. The zero-order valence-corrected chi connectivity index (χ0v) is 10.9. The van der Waals surface area contributed by atoms with Gasteiger partial charge in [0.15, 0.2) is 0 Å². The second-order valence-electron chi connectivity index (χ2n) is 5.65. The molecule has 0 aliphatic carbocycles. The van der Waals surface area contributed by atoms with Crippen LogP contribution in [0.1, 0.15) is 39.5 Å². The van der Waals surface area contributed by atoms with Gasteiger partial charge in [0.05, 0.1) is 0 Å². The van der Waals surface area contributed by atoms with Crippen LogP contribution in [0.5, 0.6) is 0 Å². The van der Waals surface area contributed by atoms with E-state index < -0.39 is 0 Å². The highest BCUT2D eigenvalue weighted by atomic mass is 15.3. The molecule has 2 aliphatic rings. The molecular weight excluding hydrogens is 198 g/mol. The molecule has 3 heteroatoms. The van der Waals surface area contributed by atoms with Crippen LogP contribution in [0.4, 0.5) is 0 Å². The summed E-state index contributed by atoms with van der Waals surface area (Å²) >= 11 is 0. The Morgan fingerprint density at radius 3 is 2.62 bits per heavy atom. The quantitative estimate of drug-likeness (QED) is 0.785. The monoisotopic (exact) mass is 225 g/mol. The minimum absolute atomic E-state index is 0.658. The molecule has 0 aromatic heterocycles. The molecule has 2 N–H and O–H groups in total. The predicted octanol–water partition coefficient (Wildman–Crippen LogP) is 1.28. The minimum atomic E-state index is 0.658. The van der Waals surface area contributed by atoms with Crippen molar-refractivity contribution in [3.63, 3.8) is 0 Å². The first-order chi connectivity index (χ1) is 7.72. The van der Waals surface area contributed by atoms with Gasteiger partial charge >= 0.3 is 0 Å². The first-order valence-electron chi connectivity index (χ1n) is 6.92. The van der Waals surface area contributed by atoms with E-state index in [4.69, 9.17) is 5.73 Å². The molecule has 2 fully saturated rings. The van der Waals surface area contributed by atoms with Gasteiger partial charge in [-0.1, -0.05) is 6.42 Å². The molecule has 0 spiro atoms. The molecule has 0 bridgehead atoms. The smallest absolute Gasteiger partial charge is 0.0238 e. The molecule has 0 aromatic rings. The van der Waals surface area contributed by atoms with E-state index in [1.54, 1.807) is 0 Å². The first kappa shape index (κ1) is 12.3. The van der Waals surface area contributed by atoms with Crippen molar-refractivity contribution in [3.05, 3.63) is 0 Å². The van der Waals surface area contributed by atoms with Crippen molar-refractivity contribution in [3.8, 4) is 0 Å². The van der Waals surface area contributed by atoms with Gasteiger partial charge in [0.2, 0.25) is 0 Å². The molecule has 0 radical (unpaired) electrons. The van der Waals surface area contributed by atoms with Gasteiger partial charge in [0.1, 0.15) is 0 Å². The fourth-order valence-corrected chi connectivity index (χ4v) is 3.26. The SMILES string of the molecule is CC(C)N1CCC(N2CCCCC2CN)C1. The van der Waals surface area contributed by atoms with Gasteiger partial charge < -0.3 is 5.73 Å². The van der Waals surface area contributed by atoms with Crippen LogP contribution in [0.3, 0.4) is 0 Å². The lowest BCUT2D eigenvalue weighted by atomic mass is 9.99. The largest absolute Gasteiger partial charge is 0.329 e. The second kappa shape index (κ2) is 5.48. The summed E-state index contributed by atoms with van der Waals surface area (Å²) in [6.45, 7) is 9.26. The lowest BCUT2D eigenvalue weighted by molar-refractivity contribution is 0.0985. The zero-order valence-electron chi connectivity index (χ0n) is 10.9. The molecule has 2 heterocycles. The lowest BCUT2D eigenvalue weighted by Crippen LogP contribution is -2.50. The van der Waals surface area contributed by atoms with Crippen molar-refractivity contribution < 1.29 is 0 Å². The minimum Gasteiger partial charge on any atom is -0.329 e. The number of rotatable bonds is 3. The summed E-state index contributed by atoms with van der Waals surface area (Å²) in [5.41, 5.74) is 5.90. The lowest BCUT2D eigenvalue weighted by Gasteiger charge is -2.39. The van der Waals surface area contributed by atoms with Crippen molar-refractivity contribution in [2.24, 2.45) is 5.73 Å². The van der Waals surface area contributed by atoms with Crippen LogP contribution in [-0.4, -0.2) is 54.1 Å². The average molecular weight is 225 g/mol. The molecule has 3 nitrogen and oxygen atoms in total. The van der Waals surface area contributed by atoms with Crippen molar-refractivity contribution >= 4 is 0 Å². The number of piperidine rings is 1. The maximum atomic E-state index is 5.90. The number of hydrogen-bond acceptors (Lipinski definition) is 3. The Labute approximate surface area is 100.0 Å². The van der Waals surface area contributed by atoms with Gasteiger partial charge in [0.25, 0.3) is 0 Å².